The Kier molecular flexibility index (Phi) is 3.62. The number of hydrogen-bond acceptors (Lipinski definition) is 3. The normalized spacial score (nSPS) is 11.4. The molecular formula is C23H17FN4. The molecule has 28 heavy (non-hydrogen) atoms. The van der Waals surface area contributed by atoms with Crippen molar-refractivity contribution < 1.29 is 4.39 Å². The first-order valence-corrected chi connectivity index (χ1v) is 9.00. The molecule has 3 aromatic heterocycles. The predicted octanol–water partition coefficient (Wildman–Crippen LogP) is 5.27. The summed E-state index contributed by atoms with van der Waals surface area (Å²) in [5, 5.41) is 1.53. The highest BCUT2D eigenvalue weighted by Gasteiger charge is 2.19. The first-order valence-electron chi connectivity index (χ1n) is 9.00. The Labute approximate surface area is 161 Å². The second-order valence-corrected chi connectivity index (χ2v) is 6.82. The lowest BCUT2D eigenvalue weighted by Gasteiger charge is -2.14. The maximum absolute atomic E-state index is 15.9. The minimum absolute atomic E-state index is 0.335. The van der Waals surface area contributed by atoms with Gasteiger partial charge in [-0.05, 0) is 31.2 Å². The number of pyridine rings is 2. The first kappa shape index (κ1) is 16.4. The van der Waals surface area contributed by atoms with Gasteiger partial charge in [-0.25, -0.2) is 14.4 Å². The van der Waals surface area contributed by atoms with Crippen molar-refractivity contribution in [1.29, 1.82) is 0 Å². The average molecular weight is 368 g/mol. The molecule has 0 atom stereocenters. The molecule has 5 rings (SSSR count). The molecule has 5 heteroatoms. The van der Waals surface area contributed by atoms with Gasteiger partial charge in [0.1, 0.15) is 11.5 Å². The van der Waals surface area contributed by atoms with Crippen molar-refractivity contribution in [2.45, 2.75) is 6.92 Å². The van der Waals surface area contributed by atoms with Crippen molar-refractivity contribution >= 4 is 27.6 Å². The van der Waals surface area contributed by atoms with E-state index in [-0.39, 0.29) is 5.82 Å². The van der Waals surface area contributed by atoms with Crippen LogP contribution in [0.15, 0.2) is 73.1 Å². The number of hydrogen-bond donors (Lipinski definition) is 1. The van der Waals surface area contributed by atoms with Crippen LogP contribution >= 0.6 is 0 Å². The highest BCUT2D eigenvalue weighted by molar-refractivity contribution is 5.95. The summed E-state index contributed by atoms with van der Waals surface area (Å²) in [5.41, 5.74) is 10.1. The zero-order valence-corrected chi connectivity index (χ0v) is 15.2. The summed E-state index contributed by atoms with van der Waals surface area (Å²) in [6.07, 6.45) is 3.46. The third-order valence-electron chi connectivity index (χ3n) is 4.99. The minimum Gasteiger partial charge on any atom is -0.383 e. The monoisotopic (exact) mass is 368 g/mol. The van der Waals surface area contributed by atoms with Gasteiger partial charge in [-0.15, -0.1) is 0 Å². The Hall–Kier alpha value is -3.73. The zero-order valence-electron chi connectivity index (χ0n) is 15.2. The number of nitrogens with zero attached hydrogens (tertiary/aromatic N) is 3. The van der Waals surface area contributed by atoms with Gasteiger partial charge in [-0.2, -0.15) is 0 Å². The van der Waals surface area contributed by atoms with E-state index in [1.165, 1.54) is 0 Å². The fraction of sp³-hybridized carbons (Fsp3) is 0.0435. The van der Waals surface area contributed by atoms with Crippen LogP contribution in [0, 0.1) is 12.7 Å². The van der Waals surface area contributed by atoms with Crippen molar-refractivity contribution in [3.05, 3.63) is 84.4 Å². The fourth-order valence-corrected chi connectivity index (χ4v) is 3.67. The third kappa shape index (κ3) is 2.44. The molecule has 0 amide bonds. The summed E-state index contributed by atoms with van der Waals surface area (Å²) < 4.78 is 17.7. The summed E-state index contributed by atoms with van der Waals surface area (Å²) in [5.74, 6) is 0.0612. The summed E-state index contributed by atoms with van der Waals surface area (Å²) in [6, 6.07) is 19.0. The first-order chi connectivity index (χ1) is 13.6. The van der Waals surface area contributed by atoms with Gasteiger partial charge in [0.05, 0.1) is 16.7 Å². The van der Waals surface area contributed by atoms with Gasteiger partial charge in [-0.1, -0.05) is 42.0 Å². The van der Waals surface area contributed by atoms with E-state index in [1.807, 2.05) is 78.4 Å². The lowest BCUT2D eigenvalue weighted by atomic mass is 10.0. The van der Waals surface area contributed by atoms with Crippen molar-refractivity contribution in [1.82, 2.24) is 14.5 Å². The molecule has 2 N–H and O–H groups in total. The van der Waals surface area contributed by atoms with Gasteiger partial charge in [0.2, 0.25) is 0 Å². The Morgan fingerprint density at radius 2 is 1.82 bits per heavy atom. The highest BCUT2D eigenvalue weighted by atomic mass is 19.1. The van der Waals surface area contributed by atoms with E-state index in [2.05, 4.69) is 9.97 Å². The van der Waals surface area contributed by atoms with Crippen LogP contribution in [-0.4, -0.2) is 14.5 Å². The molecule has 0 fully saturated rings. The lowest BCUT2D eigenvalue weighted by Crippen LogP contribution is -2.03. The van der Waals surface area contributed by atoms with Crippen molar-refractivity contribution in [2.75, 3.05) is 5.73 Å². The van der Waals surface area contributed by atoms with Gasteiger partial charge in [0.25, 0.3) is 0 Å². The predicted molar refractivity (Wildman–Crippen MR) is 111 cm³/mol. The smallest absolute Gasteiger partial charge is 0.174 e. The Morgan fingerprint density at radius 1 is 0.964 bits per heavy atom. The third-order valence-corrected chi connectivity index (χ3v) is 4.99. The number of aromatic nitrogens is 3. The van der Waals surface area contributed by atoms with Gasteiger partial charge in [0, 0.05) is 28.7 Å². The van der Waals surface area contributed by atoms with Gasteiger partial charge >= 0.3 is 0 Å². The molecule has 4 nitrogen and oxygen atoms in total. The van der Waals surface area contributed by atoms with Gasteiger partial charge < -0.3 is 10.3 Å². The molecule has 0 spiro atoms. The molecule has 0 aliphatic rings. The topological polar surface area (TPSA) is 56.7 Å². The average Bonchev–Trinajstić information content (AvgIpc) is 3.13. The van der Waals surface area contributed by atoms with Crippen LogP contribution in [0.4, 0.5) is 10.2 Å². The maximum Gasteiger partial charge on any atom is 0.174 e. The Balaban J connectivity index is 1.90. The Bertz CT molecular complexity index is 1350. The second kappa shape index (κ2) is 6.16. The zero-order chi connectivity index (χ0) is 19.3. The summed E-state index contributed by atoms with van der Waals surface area (Å²) in [7, 11) is 0. The molecule has 136 valence electrons. The molecular weight excluding hydrogens is 351 g/mol. The summed E-state index contributed by atoms with van der Waals surface area (Å²) in [4.78, 5) is 8.76. The number of halogens is 1. The molecule has 0 saturated carbocycles. The van der Waals surface area contributed by atoms with E-state index in [0.717, 1.165) is 32.9 Å². The number of rotatable bonds is 2. The molecule has 0 aliphatic heterocycles. The van der Waals surface area contributed by atoms with E-state index >= 15 is 4.39 Å². The number of fused-ring (bicyclic) bond motifs is 2. The number of para-hydroxylation sites is 1. The standard InChI is InChI=1S/C23H17FN4/c1-14-5-4-6-15(13-14)21-20(24)22(16-7-2-3-8-18(16)27-21)28-12-10-17-19(28)9-11-26-23(17)25/h2-13H,1H3,(H2,25,26). The Morgan fingerprint density at radius 3 is 2.68 bits per heavy atom. The molecule has 0 bridgehead atoms. The van der Waals surface area contributed by atoms with E-state index in [9.17, 15) is 0 Å². The summed E-state index contributed by atoms with van der Waals surface area (Å²) in [6.45, 7) is 1.98. The number of benzene rings is 2. The van der Waals surface area contributed by atoms with Crippen LogP contribution in [0.1, 0.15) is 5.56 Å². The fourth-order valence-electron chi connectivity index (χ4n) is 3.67. The van der Waals surface area contributed by atoms with Crippen LogP contribution in [-0.2, 0) is 0 Å². The molecule has 0 radical (unpaired) electrons. The number of aryl methyl sites for hydroxylation is 1. The minimum atomic E-state index is -0.364. The molecule has 5 aromatic rings. The van der Waals surface area contributed by atoms with E-state index in [0.29, 0.717) is 17.2 Å². The van der Waals surface area contributed by atoms with Gasteiger partial charge in [0.15, 0.2) is 5.82 Å². The quantitative estimate of drug-likeness (QED) is 0.462. The lowest BCUT2D eigenvalue weighted by molar-refractivity contribution is 0.621. The number of nitrogen functional groups attached to an aromatic ring is 1. The number of anilines is 1. The summed E-state index contributed by atoms with van der Waals surface area (Å²) >= 11 is 0. The number of nitrogens with two attached hydrogens (primary N) is 1. The maximum atomic E-state index is 15.9. The van der Waals surface area contributed by atoms with Crippen molar-refractivity contribution in [3.63, 3.8) is 0 Å². The van der Waals surface area contributed by atoms with Crippen LogP contribution in [0.3, 0.4) is 0 Å². The van der Waals surface area contributed by atoms with Crippen LogP contribution < -0.4 is 5.73 Å². The van der Waals surface area contributed by atoms with Crippen LogP contribution in [0.25, 0.3) is 38.8 Å². The molecule has 0 saturated heterocycles. The largest absolute Gasteiger partial charge is 0.383 e. The molecule has 3 heterocycles. The molecule has 0 unspecified atom stereocenters. The van der Waals surface area contributed by atoms with Crippen molar-refractivity contribution in [3.8, 4) is 16.9 Å². The SMILES string of the molecule is Cc1cccc(-c2nc3ccccc3c(-n3ccc4c(N)nccc43)c2F)c1. The van der Waals surface area contributed by atoms with E-state index < -0.39 is 0 Å². The van der Waals surface area contributed by atoms with Crippen molar-refractivity contribution in [2.24, 2.45) is 0 Å². The van der Waals surface area contributed by atoms with E-state index in [4.69, 9.17) is 5.73 Å². The van der Waals surface area contributed by atoms with E-state index in [1.54, 1.807) is 6.20 Å². The van der Waals surface area contributed by atoms with Crippen LogP contribution in [0.5, 0.6) is 0 Å². The van der Waals surface area contributed by atoms with Gasteiger partial charge in [-0.3, -0.25) is 0 Å². The van der Waals surface area contributed by atoms with Crippen LogP contribution in [0.2, 0.25) is 0 Å². The second-order valence-electron chi connectivity index (χ2n) is 6.82. The molecule has 0 aliphatic carbocycles. The molecule has 2 aromatic carbocycles. The highest BCUT2D eigenvalue weighted by Crippen LogP contribution is 2.34.